The van der Waals surface area contributed by atoms with E-state index in [1.54, 1.807) is 54.6 Å². The van der Waals surface area contributed by atoms with Crippen molar-refractivity contribution >= 4 is 23.4 Å². The molecule has 0 saturated carbocycles. The fraction of sp³-hybridized carbons (Fsp3) is 0.167. The lowest BCUT2D eigenvalue weighted by Crippen LogP contribution is -2.25. The van der Waals surface area contributed by atoms with Gasteiger partial charge < -0.3 is 10.1 Å². The normalized spacial score (nSPS) is 12.3. The fourth-order valence-corrected chi connectivity index (χ4v) is 3.03. The van der Waals surface area contributed by atoms with Gasteiger partial charge in [-0.25, -0.2) is 4.79 Å². The zero-order chi connectivity index (χ0) is 18.3. The number of hydrogen-bond donors (Lipinski definition) is 1. The molecule has 0 aliphatic carbocycles. The number of alkyl halides is 3. The summed E-state index contributed by atoms with van der Waals surface area (Å²) in [4.78, 5) is 11.7. The van der Waals surface area contributed by atoms with Crippen LogP contribution in [0, 0.1) is 0 Å². The van der Waals surface area contributed by atoms with E-state index in [2.05, 4.69) is 10.1 Å². The summed E-state index contributed by atoms with van der Waals surface area (Å²) in [5.41, 5.74) is -0.0604. The molecule has 7 heteroatoms. The predicted octanol–water partition coefficient (Wildman–Crippen LogP) is 4.98. The first kappa shape index (κ1) is 18.9. The number of esters is 1. The Labute approximate surface area is 147 Å². The summed E-state index contributed by atoms with van der Waals surface area (Å²) >= 11 is 0.896. The molecule has 0 aromatic heterocycles. The van der Waals surface area contributed by atoms with Gasteiger partial charge in [0.2, 0.25) is 0 Å². The zero-order valence-corrected chi connectivity index (χ0v) is 14.2. The highest BCUT2D eigenvalue weighted by atomic mass is 32.2. The number of methoxy groups -OCH3 is 1. The summed E-state index contributed by atoms with van der Waals surface area (Å²) < 4.78 is 44.6. The summed E-state index contributed by atoms with van der Waals surface area (Å²) in [6.07, 6.45) is -4.84. The first-order valence-electron chi connectivity index (χ1n) is 7.30. The molecule has 2 aromatic rings. The standard InChI is InChI=1S/C18H16F3NO2S/c1-24-17(23)15(18(19,20)21)16(22-14-10-6-3-7-11-14)25-12-13-8-4-2-5-9-13/h2-11,22H,12H2,1H3/b16-15-. The van der Waals surface area contributed by atoms with Crippen LogP contribution >= 0.6 is 11.8 Å². The molecule has 2 rings (SSSR count). The van der Waals surface area contributed by atoms with Crippen LogP contribution in [0.3, 0.4) is 0 Å². The van der Waals surface area contributed by atoms with Crippen molar-refractivity contribution in [3.8, 4) is 0 Å². The molecule has 0 heterocycles. The fourth-order valence-electron chi connectivity index (χ4n) is 1.99. The van der Waals surface area contributed by atoms with Gasteiger partial charge in [0.1, 0.15) is 0 Å². The Bertz CT molecular complexity index is 731. The van der Waals surface area contributed by atoms with Crippen LogP contribution in [-0.4, -0.2) is 19.3 Å². The number of benzene rings is 2. The van der Waals surface area contributed by atoms with Gasteiger partial charge in [-0.2, -0.15) is 13.2 Å². The average Bonchev–Trinajstić information content (AvgIpc) is 2.60. The van der Waals surface area contributed by atoms with Crippen molar-refractivity contribution in [2.75, 3.05) is 12.4 Å². The van der Waals surface area contributed by atoms with Crippen molar-refractivity contribution in [1.82, 2.24) is 0 Å². The minimum Gasteiger partial charge on any atom is -0.465 e. The quantitative estimate of drug-likeness (QED) is 0.577. The highest BCUT2D eigenvalue weighted by Crippen LogP contribution is 2.35. The second-order valence-corrected chi connectivity index (χ2v) is 5.94. The first-order valence-corrected chi connectivity index (χ1v) is 8.29. The van der Waals surface area contributed by atoms with Crippen LogP contribution < -0.4 is 5.32 Å². The molecule has 132 valence electrons. The Morgan fingerprint density at radius 2 is 1.60 bits per heavy atom. The molecular formula is C18H16F3NO2S. The number of anilines is 1. The maximum atomic E-state index is 13.4. The third kappa shape index (κ3) is 5.56. The van der Waals surface area contributed by atoms with Crippen molar-refractivity contribution in [3.05, 3.63) is 76.8 Å². The molecule has 3 nitrogen and oxygen atoms in total. The smallest absolute Gasteiger partial charge is 0.425 e. The van der Waals surface area contributed by atoms with E-state index in [-0.39, 0.29) is 10.8 Å². The van der Waals surface area contributed by atoms with Crippen LogP contribution in [0.15, 0.2) is 71.3 Å². The monoisotopic (exact) mass is 367 g/mol. The second-order valence-electron chi connectivity index (χ2n) is 4.96. The van der Waals surface area contributed by atoms with E-state index in [9.17, 15) is 18.0 Å². The Balaban J connectivity index is 2.38. The van der Waals surface area contributed by atoms with Crippen molar-refractivity contribution < 1.29 is 22.7 Å². The molecule has 2 aromatic carbocycles. The minimum absolute atomic E-state index is 0.270. The number of para-hydroxylation sites is 1. The summed E-state index contributed by atoms with van der Waals surface area (Å²) in [6, 6.07) is 17.4. The molecule has 0 spiro atoms. The molecule has 0 amide bonds. The lowest BCUT2D eigenvalue weighted by Gasteiger charge is -2.17. The van der Waals surface area contributed by atoms with Crippen LogP contribution in [0.4, 0.5) is 18.9 Å². The largest absolute Gasteiger partial charge is 0.465 e. The van der Waals surface area contributed by atoms with Gasteiger partial charge in [0, 0.05) is 11.4 Å². The third-order valence-corrected chi connectivity index (χ3v) is 4.23. The number of rotatable bonds is 6. The molecule has 0 bridgehead atoms. The lowest BCUT2D eigenvalue weighted by atomic mass is 10.2. The Morgan fingerprint density at radius 1 is 1.04 bits per heavy atom. The average molecular weight is 367 g/mol. The number of hydrogen-bond acceptors (Lipinski definition) is 4. The number of carbonyl (C=O) groups excluding carboxylic acids is 1. The predicted molar refractivity (Wildman–Crippen MR) is 92.9 cm³/mol. The van der Waals surface area contributed by atoms with E-state index in [0.717, 1.165) is 24.4 Å². The Hall–Kier alpha value is -2.41. The van der Waals surface area contributed by atoms with Crippen LogP contribution in [0.25, 0.3) is 0 Å². The van der Waals surface area contributed by atoms with Gasteiger partial charge in [0.15, 0.2) is 5.57 Å². The number of carbonyl (C=O) groups is 1. The van der Waals surface area contributed by atoms with E-state index in [1.807, 2.05) is 6.07 Å². The zero-order valence-electron chi connectivity index (χ0n) is 13.3. The molecule has 25 heavy (non-hydrogen) atoms. The van der Waals surface area contributed by atoms with Crippen molar-refractivity contribution in [1.29, 1.82) is 0 Å². The van der Waals surface area contributed by atoms with Gasteiger partial charge in [0.25, 0.3) is 0 Å². The SMILES string of the molecule is COC(=O)/C(=C(\Nc1ccccc1)SCc1ccccc1)C(F)(F)F. The number of thioether (sulfide) groups is 1. The summed E-state index contributed by atoms with van der Waals surface area (Å²) in [5.74, 6) is -1.15. The van der Waals surface area contributed by atoms with E-state index < -0.39 is 17.7 Å². The Morgan fingerprint density at radius 3 is 2.12 bits per heavy atom. The van der Waals surface area contributed by atoms with Gasteiger partial charge in [-0.3, -0.25) is 0 Å². The Kier molecular flexibility index (Phi) is 6.52. The summed E-state index contributed by atoms with van der Waals surface area (Å²) in [6.45, 7) is 0. The van der Waals surface area contributed by atoms with Gasteiger partial charge in [-0.15, -0.1) is 11.8 Å². The van der Waals surface area contributed by atoms with Crippen molar-refractivity contribution in [3.63, 3.8) is 0 Å². The van der Waals surface area contributed by atoms with Crippen LogP contribution in [-0.2, 0) is 15.3 Å². The van der Waals surface area contributed by atoms with Crippen LogP contribution in [0.1, 0.15) is 5.56 Å². The van der Waals surface area contributed by atoms with Crippen molar-refractivity contribution in [2.24, 2.45) is 0 Å². The minimum atomic E-state index is -4.84. The molecule has 1 N–H and O–H groups in total. The highest BCUT2D eigenvalue weighted by Gasteiger charge is 2.42. The number of halogens is 3. The van der Waals surface area contributed by atoms with E-state index in [1.165, 1.54) is 0 Å². The van der Waals surface area contributed by atoms with E-state index in [4.69, 9.17) is 0 Å². The van der Waals surface area contributed by atoms with Crippen LogP contribution in [0.2, 0.25) is 0 Å². The molecular weight excluding hydrogens is 351 g/mol. The highest BCUT2D eigenvalue weighted by molar-refractivity contribution is 8.02. The van der Waals surface area contributed by atoms with Gasteiger partial charge in [-0.05, 0) is 17.7 Å². The molecule has 0 aliphatic heterocycles. The summed E-state index contributed by atoms with van der Waals surface area (Å²) in [7, 11) is 0.927. The topological polar surface area (TPSA) is 38.3 Å². The van der Waals surface area contributed by atoms with Gasteiger partial charge >= 0.3 is 12.1 Å². The maximum absolute atomic E-state index is 13.4. The van der Waals surface area contributed by atoms with Crippen molar-refractivity contribution in [2.45, 2.75) is 11.9 Å². The third-order valence-electron chi connectivity index (χ3n) is 3.16. The lowest BCUT2D eigenvalue weighted by molar-refractivity contribution is -0.148. The first-order chi connectivity index (χ1) is 11.9. The van der Waals surface area contributed by atoms with Gasteiger partial charge in [-0.1, -0.05) is 48.5 Å². The maximum Gasteiger partial charge on any atom is 0.425 e. The molecule has 0 radical (unpaired) electrons. The molecule has 0 atom stereocenters. The molecule has 0 unspecified atom stereocenters. The van der Waals surface area contributed by atoms with E-state index >= 15 is 0 Å². The number of ether oxygens (including phenoxy) is 1. The molecule has 0 saturated heterocycles. The summed E-state index contributed by atoms with van der Waals surface area (Å²) in [5, 5.41) is 2.40. The molecule has 0 fully saturated rings. The number of nitrogens with one attached hydrogen (secondary N) is 1. The second kappa shape index (κ2) is 8.62. The van der Waals surface area contributed by atoms with Crippen LogP contribution in [0.5, 0.6) is 0 Å². The van der Waals surface area contributed by atoms with E-state index in [0.29, 0.717) is 5.69 Å². The molecule has 0 aliphatic rings. The van der Waals surface area contributed by atoms with Gasteiger partial charge in [0.05, 0.1) is 12.1 Å².